The third-order valence-electron chi connectivity index (χ3n) is 7.77. The number of hydrogen-bond donors (Lipinski definition) is 0. The first-order valence-corrected chi connectivity index (χ1v) is 10.7. The summed E-state index contributed by atoms with van der Waals surface area (Å²) in [6, 6.07) is 8.34. The fourth-order valence-electron chi connectivity index (χ4n) is 5.22. The van der Waals surface area contributed by atoms with Crippen molar-refractivity contribution in [1.29, 1.82) is 0 Å². The lowest BCUT2D eigenvalue weighted by Gasteiger charge is -2.65. The van der Waals surface area contributed by atoms with Crippen molar-refractivity contribution in [2.24, 2.45) is 5.41 Å². The Labute approximate surface area is 172 Å². The number of nitrogens with zero attached hydrogens (tertiary/aromatic N) is 2. The van der Waals surface area contributed by atoms with E-state index in [0.717, 1.165) is 24.2 Å². The lowest BCUT2D eigenvalue weighted by Crippen LogP contribution is -2.71. The first-order valence-electron chi connectivity index (χ1n) is 10.7. The van der Waals surface area contributed by atoms with E-state index in [1.54, 1.807) is 0 Å². The molecule has 0 N–H and O–H groups in total. The average molecular weight is 400 g/mol. The van der Waals surface area contributed by atoms with Crippen LogP contribution >= 0.6 is 0 Å². The molecular formula is C22H30BFN2O3. The summed E-state index contributed by atoms with van der Waals surface area (Å²) in [6.07, 6.45) is 1.33. The van der Waals surface area contributed by atoms with E-state index in [1.165, 1.54) is 0 Å². The van der Waals surface area contributed by atoms with Crippen molar-refractivity contribution in [3.8, 4) is 0 Å². The fraction of sp³-hybridized carbons (Fsp3) is 0.682. The van der Waals surface area contributed by atoms with E-state index in [2.05, 4.69) is 56.9 Å². The van der Waals surface area contributed by atoms with E-state index in [4.69, 9.17) is 9.31 Å². The van der Waals surface area contributed by atoms with Crippen LogP contribution in [0.3, 0.4) is 0 Å². The van der Waals surface area contributed by atoms with Crippen LogP contribution in [-0.2, 0) is 14.1 Å². The van der Waals surface area contributed by atoms with Crippen molar-refractivity contribution >= 4 is 24.2 Å². The van der Waals surface area contributed by atoms with Gasteiger partial charge >= 0.3 is 7.12 Å². The van der Waals surface area contributed by atoms with E-state index in [9.17, 15) is 9.18 Å². The minimum absolute atomic E-state index is 0.174. The van der Waals surface area contributed by atoms with Crippen molar-refractivity contribution in [1.82, 2.24) is 4.90 Å². The molecule has 0 aromatic heterocycles. The monoisotopic (exact) mass is 400 g/mol. The highest BCUT2D eigenvalue weighted by Crippen LogP contribution is 2.70. The van der Waals surface area contributed by atoms with Gasteiger partial charge in [-0.3, -0.25) is 4.79 Å². The minimum atomic E-state index is -1.02. The van der Waals surface area contributed by atoms with Crippen molar-refractivity contribution in [2.45, 2.75) is 63.8 Å². The lowest BCUT2D eigenvalue weighted by molar-refractivity contribution is -0.222. The van der Waals surface area contributed by atoms with Gasteiger partial charge in [0, 0.05) is 31.9 Å². The van der Waals surface area contributed by atoms with Crippen molar-refractivity contribution in [3.63, 3.8) is 0 Å². The molecule has 0 radical (unpaired) electrons. The van der Waals surface area contributed by atoms with Crippen molar-refractivity contribution in [3.05, 3.63) is 24.3 Å². The Morgan fingerprint density at radius 3 is 1.93 bits per heavy atom. The number of anilines is 1. The van der Waals surface area contributed by atoms with E-state index in [1.807, 2.05) is 4.90 Å². The van der Waals surface area contributed by atoms with Gasteiger partial charge in [-0.15, -0.1) is 0 Å². The molecule has 2 heterocycles. The molecule has 0 unspecified atom stereocenters. The Hall–Kier alpha value is -1.60. The van der Waals surface area contributed by atoms with Crippen LogP contribution in [0.1, 0.15) is 47.0 Å². The molecule has 0 spiro atoms. The quantitative estimate of drug-likeness (QED) is 0.732. The number of carbonyl (C=O) groups excluding carboxylic acids is 1. The van der Waals surface area contributed by atoms with Crippen LogP contribution in [0, 0.1) is 5.41 Å². The highest BCUT2D eigenvalue weighted by Gasteiger charge is 2.73. The summed E-state index contributed by atoms with van der Waals surface area (Å²) in [5.41, 5.74) is 0.0937. The van der Waals surface area contributed by atoms with Gasteiger partial charge < -0.3 is 19.1 Å². The molecule has 3 aliphatic carbocycles. The van der Waals surface area contributed by atoms with Crippen LogP contribution in [0.2, 0.25) is 0 Å². The standard InChI is InChI=1S/C22H30BFN2O3/c1-19(2)20(3,4)29-23(28-19)16-5-7-17(8-6-16)25-9-11-26(12-10-25)18(27)21-13-22(24,14-21)15-21/h5-8H,9-15H2,1-4H3. The summed E-state index contributed by atoms with van der Waals surface area (Å²) in [7, 11) is -0.352. The Kier molecular flexibility index (Phi) is 3.99. The summed E-state index contributed by atoms with van der Waals surface area (Å²) in [4.78, 5) is 17.0. The number of alkyl halides is 1. The van der Waals surface area contributed by atoms with Gasteiger partial charge in [0.05, 0.1) is 16.6 Å². The first-order chi connectivity index (χ1) is 13.5. The molecule has 0 atom stereocenters. The highest BCUT2D eigenvalue weighted by atomic mass is 19.1. The van der Waals surface area contributed by atoms with Crippen molar-refractivity contribution < 1.29 is 18.5 Å². The second-order valence-electron chi connectivity index (χ2n) is 10.4. The van der Waals surface area contributed by atoms with Crippen LogP contribution in [0.5, 0.6) is 0 Å². The summed E-state index contributed by atoms with van der Waals surface area (Å²) in [6.45, 7) is 11.3. The molecular weight excluding hydrogens is 370 g/mol. The molecule has 1 amide bonds. The zero-order valence-corrected chi connectivity index (χ0v) is 17.8. The number of carbonyl (C=O) groups is 1. The smallest absolute Gasteiger partial charge is 0.399 e. The summed E-state index contributed by atoms with van der Waals surface area (Å²) in [5, 5.41) is 0. The Morgan fingerprint density at radius 2 is 1.45 bits per heavy atom. The topological polar surface area (TPSA) is 42.0 Å². The third kappa shape index (κ3) is 2.92. The van der Waals surface area contributed by atoms with Gasteiger partial charge in [-0.2, -0.15) is 0 Å². The maximum atomic E-state index is 13.8. The molecule has 1 aromatic carbocycles. The molecule has 1 aromatic rings. The zero-order chi connectivity index (χ0) is 20.7. The molecule has 3 saturated carbocycles. The van der Waals surface area contributed by atoms with Crippen LogP contribution in [0.4, 0.5) is 10.1 Å². The third-order valence-corrected chi connectivity index (χ3v) is 7.77. The second-order valence-corrected chi connectivity index (χ2v) is 10.4. The van der Waals surface area contributed by atoms with Crippen LogP contribution in [-0.4, -0.2) is 61.0 Å². The average Bonchev–Trinajstić information content (AvgIpc) is 2.85. The van der Waals surface area contributed by atoms with Crippen LogP contribution in [0.25, 0.3) is 0 Å². The van der Waals surface area contributed by atoms with Gasteiger partial charge in [0.25, 0.3) is 0 Å². The van der Waals surface area contributed by atoms with Crippen LogP contribution < -0.4 is 10.4 Å². The number of benzene rings is 1. The maximum Gasteiger partial charge on any atom is 0.494 e. The number of rotatable bonds is 3. The predicted molar refractivity (Wildman–Crippen MR) is 111 cm³/mol. The fourth-order valence-corrected chi connectivity index (χ4v) is 5.22. The van der Waals surface area contributed by atoms with E-state index >= 15 is 0 Å². The zero-order valence-electron chi connectivity index (χ0n) is 17.8. The van der Waals surface area contributed by atoms with Crippen molar-refractivity contribution in [2.75, 3.05) is 31.1 Å². The molecule has 2 bridgehead atoms. The number of amides is 1. The summed E-state index contributed by atoms with van der Waals surface area (Å²) in [5.74, 6) is 0.174. The molecule has 7 heteroatoms. The lowest BCUT2D eigenvalue weighted by atomic mass is 9.42. The molecule has 29 heavy (non-hydrogen) atoms. The number of halogens is 1. The Bertz CT molecular complexity index is 797. The highest BCUT2D eigenvalue weighted by molar-refractivity contribution is 6.62. The van der Waals surface area contributed by atoms with E-state index in [0.29, 0.717) is 32.4 Å². The molecule has 2 saturated heterocycles. The van der Waals surface area contributed by atoms with Gasteiger partial charge in [-0.1, -0.05) is 12.1 Å². The van der Waals surface area contributed by atoms with Gasteiger partial charge in [-0.25, -0.2) is 4.39 Å². The van der Waals surface area contributed by atoms with E-state index < -0.39 is 5.67 Å². The molecule has 156 valence electrons. The van der Waals surface area contributed by atoms with Gasteiger partial charge in [-0.05, 0) is 64.6 Å². The van der Waals surface area contributed by atoms with Gasteiger partial charge in [0.2, 0.25) is 5.91 Å². The second kappa shape index (κ2) is 5.98. The summed E-state index contributed by atoms with van der Waals surface area (Å²) >= 11 is 0. The SMILES string of the molecule is CC1(C)OB(c2ccc(N3CCN(C(=O)C45CC(F)(C4)C5)CC3)cc2)OC1(C)C. The number of hydrogen-bond acceptors (Lipinski definition) is 4. The largest absolute Gasteiger partial charge is 0.494 e. The first kappa shape index (κ1) is 19.4. The summed E-state index contributed by atoms with van der Waals surface area (Å²) < 4.78 is 26.0. The van der Waals surface area contributed by atoms with E-state index in [-0.39, 0.29) is 29.6 Å². The maximum absolute atomic E-state index is 13.8. The van der Waals surface area contributed by atoms with Gasteiger partial charge in [0.15, 0.2) is 0 Å². The molecule has 5 fully saturated rings. The molecule has 2 aliphatic heterocycles. The number of piperazine rings is 1. The Morgan fingerprint density at radius 1 is 0.931 bits per heavy atom. The normalized spacial score (nSPS) is 34.6. The Balaban J connectivity index is 1.19. The molecule has 6 rings (SSSR count). The van der Waals surface area contributed by atoms with Crippen LogP contribution in [0.15, 0.2) is 24.3 Å². The predicted octanol–water partition coefficient (Wildman–Crippen LogP) is 2.53. The molecule has 5 nitrogen and oxygen atoms in total. The van der Waals surface area contributed by atoms with Gasteiger partial charge in [0.1, 0.15) is 5.67 Å². The molecule has 5 aliphatic rings. The minimum Gasteiger partial charge on any atom is -0.399 e.